The largest absolute Gasteiger partial charge is 0.494 e. The van der Waals surface area contributed by atoms with Gasteiger partial charge in [-0.05, 0) is 36.2 Å². The van der Waals surface area contributed by atoms with Crippen molar-refractivity contribution in [1.29, 1.82) is 0 Å². The molecule has 2 aromatic heterocycles. The van der Waals surface area contributed by atoms with Crippen molar-refractivity contribution < 1.29 is 13.9 Å². The number of nitrogens with one attached hydrogen (secondary N) is 1. The van der Waals surface area contributed by atoms with Gasteiger partial charge >= 0.3 is 0 Å². The van der Waals surface area contributed by atoms with E-state index < -0.39 is 5.82 Å². The highest BCUT2D eigenvalue weighted by Gasteiger charge is 2.20. The third-order valence-electron chi connectivity index (χ3n) is 5.12. The van der Waals surface area contributed by atoms with E-state index >= 15 is 4.39 Å². The lowest BCUT2D eigenvalue weighted by molar-refractivity contribution is -0.106. The molecule has 3 heterocycles. The fraction of sp³-hybridized carbons (Fsp3) is 0.273. The molecule has 0 aliphatic carbocycles. The Morgan fingerprint density at radius 3 is 2.84 bits per heavy atom. The molecule has 31 heavy (non-hydrogen) atoms. The lowest BCUT2D eigenvalue weighted by Crippen LogP contribution is -2.23. The topological polar surface area (TPSA) is 83.5 Å². The van der Waals surface area contributed by atoms with Crippen molar-refractivity contribution in [3.63, 3.8) is 0 Å². The van der Waals surface area contributed by atoms with E-state index in [1.54, 1.807) is 30.5 Å². The molecule has 1 N–H and O–H groups in total. The summed E-state index contributed by atoms with van der Waals surface area (Å²) in [6.45, 7) is 2.54. The van der Waals surface area contributed by atoms with Gasteiger partial charge in [-0.3, -0.25) is 4.98 Å². The maximum absolute atomic E-state index is 15.1. The van der Waals surface area contributed by atoms with Crippen molar-refractivity contribution in [1.82, 2.24) is 25.4 Å². The van der Waals surface area contributed by atoms with E-state index in [4.69, 9.17) is 4.74 Å². The number of aldehydes is 1. The van der Waals surface area contributed by atoms with E-state index in [-0.39, 0.29) is 18.0 Å². The predicted molar refractivity (Wildman–Crippen MR) is 116 cm³/mol. The smallest absolute Gasteiger partial charge is 0.188 e. The minimum absolute atomic E-state index is 0.0707. The third kappa shape index (κ3) is 4.04. The zero-order chi connectivity index (χ0) is 22.0. The van der Waals surface area contributed by atoms with E-state index in [9.17, 15) is 4.79 Å². The van der Waals surface area contributed by atoms with Gasteiger partial charge in [-0.2, -0.15) is 0 Å². The van der Waals surface area contributed by atoms with Gasteiger partial charge in [0.05, 0.1) is 31.2 Å². The molecule has 4 rings (SSSR count). The van der Waals surface area contributed by atoms with E-state index in [0.717, 1.165) is 11.1 Å². The van der Waals surface area contributed by atoms with E-state index in [2.05, 4.69) is 20.4 Å². The van der Waals surface area contributed by atoms with Gasteiger partial charge in [-0.1, -0.05) is 6.92 Å². The summed E-state index contributed by atoms with van der Waals surface area (Å²) in [6, 6.07) is 6.83. The van der Waals surface area contributed by atoms with Crippen LogP contribution < -0.4 is 15.1 Å². The molecular formula is C22H23FN6O2. The van der Waals surface area contributed by atoms with Gasteiger partial charge < -0.3 is 19.4 Å². The Morgan fingerprint density at radius 1 is 1.32 bits per heavy atom. The molecule has 1 aliphatic heterocycles. The van der Waals surface area contributed by atoms with Crippen molar-refractivity contribution >= 4 is 34.5 Å². The first-order chi connectivity index (χ1) is 15.0. The monoisotopic (exact) mass is 422 g/mol. The normalized spacial score (nSPS) is 13.4. The van der Waals surface area contributed by atoms with Gasteiger partial charge in [0.2, 0.25) is 0 Å². The van der Waals surface area contributed by atoms with Crippen LogP contribution in [0.1, 0.15) is 18.2 Å². The first-order valence-electron chi connectivity index (χ1n) is 9.92. The van der Waals surface area contributed by atoms with Crippen LogP contribution >= 0.6 is 0 Å². The number of ether oxygens (including phenoxy) is 1. The molecule has 0 atom stereocenters. The Morgan fingerprint density at radius 2 is 2.16 bits per heavy atom. The van der Waals surface area contributed by atoms with Crippen molar-refractivity contribution in [3.05, 3.63) is 53.7 Å². The molecule has 0 saturated carbocycles. The van der Waals surface area contributed by atoms with Gasteiger partial charge in [-0.15, -0.1) is 0 Å². The summed E-state index contributed by atoms with van der Waals surface area (Å²) < 4.78 is 20.3. The van der Waals surface area contributed by atoms with Crippen molar-refractivity contribution in [2.45, 2.75) is 13.3 Å². The molecule has 0 spiro atoms. The number of hydrazine groups is 1. The molecule has 8 nitrogen and oxygen atoms in total. The predicted octanol–water partition coefficient (Wildman–Crippen LogP) is 2.86. The van der Waals surface area contributed by atoms with Crippen LogP contribution in [0, 0.1) is 5.82 Å². The lowest BCUT2D eigenvalue weighted by Gasteiger charge is -2.23. The zero-order valence-corrected chi connectivity index (χ0v) is 17.6. The molecule has 9 heteroatoms. The van der Waals surface area contributed by atoms with Crippen LogP contribution in [0.3, 0.4) is 0 Å². The number of aromatic nitrogens is 3. The summed E-state index contributed by atoms with van der Waals surface area (Å²) in [6.07, 6.45) is 5.05. The number of fused-ring (bicyclic) bond motifs is 1. The Hall–Kier alpha value is -3.59. The number of anilines is 2. The van der Waals surface area contributed by atoms with Crippen molar-refractivity contribution in [3.8, 4) is 5.75 Å². The van der Waals surface area contributed by atoms with E-state index in [0.29, 0.717) is 41.9 Å². The number of aryl methyl sites for hydroxylation is 1. The summed E-state index contributed by atoms with van der Waals surface area (Å²) >= 11 is 0. The molecule has 3 aromatic rings. The lowest BCUT2D eigenvalue weighted by atomic mass is 10.1. The Kier molecular flexibility index (Phi) is 5.77. The molecule has 0 bridgehead atoms. The Labute approximate surface area is 179 Å². The second kappa shape index (κ2) is 8.65. The van der Waals surface area contributed by atoms with Crippen LogP contribution in [0.25, 0.3) is 16.7 Å². The number of nitrogens with zero attached hydrogens (tertiary/aromatic N) is 5. The number of halogens is 1. The number of methoxy groups -OCH3 is 1. The van der Waals surface area contributed by atoms with Gasteiger partial charge in [0.15, 0.2) is 17.2 Å². The molecular weight excluding hydrogens is 399 g/mol. The molecule has 1 aliphatic rings. The molecule has 160 valence electrons. The van der Waals surface area contributed by atoms with Crippen LogP contribution in [0.15, 0.2) is 36.7 Å². The standard InChI is InChI=1S/C22H23FN6O2/c1-4-14-9-18(21(23)19(10-14)31-3)29(7-8-30)20-6-5-16-22(27-20)26-17(12-24-16)15-11-25-28(2)13-15/h5-6,8-10,12-13,25H,4,7,11H2,1-3H3. The highest BCUT2D eigenvalue weighted by Crippen LogP contribution is 2.34. The SMILES string of the molecule is CCc1cc(OC)c(F)c(N(CC=O)c2ccc3ncc(C4=CN(C)NC4)nc3n2)c1. The Bertz CT molecular complexity index is 1170. The minimum Gasteiger partial charge on any atom is -0.494 e. The first-order valence-corrected chi connectivity index (χ1v) is 9.92. The summed E-state index contributed by atoms with van der Waals surface area (Å²) in [5, 5.41) is 1.85. The molecule has 0 saturated heterocycles. The highest BCUT2D eigenvalue weighted by atomic mass is 19.1. The molecule has 0 unspecified atom stereocenters. The van der Waals surface area contributed by atoms with Crippen molar-refractivity contribution in [2.24, 2.45) is 0 Å². The number of pyridine rings is 1. The second-order valence-corrected chi connectivity index (χ2v) is 7.13. The number of carbonyl (C=O) groups excluding carboxylic acids is 1. The average molecular weight is 422 g/mol. The molecule has 0 fully saturated rings. The average Bonchev–Trinajstić information content (AvgIpc) is 3.23. The van der Waals surface area contributed by atoms with Crippen molar-refractivity contribution in [2.75, 3.05) is 32.1 Å². The summed E-state index contributed by atoms with van der Waals surface area (Å²) in [7, 11) is 3.32. The zero-order valence-electron chi connectivity index (χ0n) is 17.6. The number of rotatable bonds is 7. The number of benzene rings is 1. The second-order valence-electron chi connectivity index (χ2n) is 7.13. The van der Waals surface area contributed by atoms with Gasteiger partial charge in [-0.25, -0.2) is 19.8 Å². The maximum atomic E-state index is 15.1. The Balaban J connectivity index is 1.81. The van der Waals surface area contributed by atoms with Gasteiger partial charge in [0.1, 0.15) is 17.6 Å². The third-order valence-corrected chi connectivity index (χ3v) is 5.12. The van der Waals surface area contributed by atoms with Gasteiger partial charge in [0, 0.05) is 25.4 Å². The van der Waals surface area contributed by atoms with Crippen LogP contribution in [-0.2, 0) is 11.2 Å². The van der Waals surface area contributed by atoms with Crippen LogP contribution in [0.2, 0.25) is 0 Å². The summed E-state index contributed by atoms with van der Waals surface area (Å²) in [5.41, 5.74) is 6.99. The fourth-order valence-electron chi connectivity index (χ4n) is 3.46. The molecule has 0 radical (unpaired) electrons. The summed E-state index contributed by atoms with van der Waals surface area (Å²) in [5.74, 6) is -0.0256. The summed E-state index contributed by atoms with van der Waals surface area (Å²) in [4.78, 5) is 26.6. The van der Waals surface area contributed by atoms with Gasteiger partial charge in [0.25, 0.3) is 0 Å². The number of hydrogen-bond donors (Lipinski definition) is 1. The van der Waals surface area contributed by atoms with Crippen LogP contribution in [0.5, 0.6) is 5.75 Å². The maximum Gasteiger partial charge on any atom is 0.188 e. The molecule has 0 amide bonds. The van der Waals surface area contributed by atoms with Crippen LogP contribution in [0.4, 0.5) is 15.9 Å². The quantitative estimate of drug-likeness (QED) is 0.582. The van der Waals surface area contributed by atoms with E-state index in [1.165, 1.54) is 12.0 Å². The first kappa shape index (κ1) is 20.7. The number of hydrogen-bond acceptors (Lipinski definition) is 8. The number of carbonyl (C=O) groups is 1. The molecule has 1 aromatic carbocycles. The fourth-order valence-corrected chi connectivity index (χ4v) is 3.46. The van der Waals surface area contributed by atoms with E-state index in [1.807, 2.05) is 25.2 Å². The minimum atomic E-state index is -0.548. The van der Waals surface area contributed by atoms with Crippen LogP contribution in [-0.4, -0.2) is 53.5 Å². The highest BCUT2D eigenvalue weighted by molar-refractivity contribution is 5.78.